The third kappa shape index (κ3) is 6.78. The number of rotatable bonds is 10. The highest BCUT2D eigenvalue weighted by atomic mass is 32.2. The number of nitrogens with zero attached hydrogens (tertiary/aromatic N) is 4. The summed E-state index contributed by atoms with van der Waals surface area (Å²) in [6.45, 7) is 12.3. The number of aromatic nitrogens is 1. The van der Waals surface area contributed by atoms with Gasteiger partial charge in [0, 0.05) is 29.4 Å². The van der Waals surface area contributed by atoms with Crippen LogP contribution in [0.3, 0.4) is 0 Å². The fourth-order valence-electron chi connectivity index (χ4n) is 3.53. The minimum Gasteiger partial charge on any atom is -0.497 e. The molecule has 34 heavy (non-hydrogen) atoms. The number of ether oxygens (including phenoxy) is 1. The molecular weight excluding hydrogens is 442 g/mol. The largest absolute Gasteiger partial charge is 0.497 e. The van der Waals surface area contributed by atoms with E-state index in [1.165, 1.54) is 11.1 Å². The number of hydrogen-bond acceptors (Lipinski definition) is 6. The molecule has 6 nitrogen and oxygen atoms in total. The number of methoxy groups -OCH3 is 1. The molecule has 0 fully saturated rings. The fraction of sp³-hybridized carbons (Fsp3) is 0.259. The van der Waals surface area contributed by atoms with Gasteiger partial charge in [-0.15, -0.1) is 11.8 Å². The second kappa shape index (κ2) is 12.7. The van der Waals surface area contributed by atoms with Gasteiger partial charge in [-0.25, -0.2) is 0 Å². The van der Waals surface area contributed by atoms with E-state index in [9.17, 15) is 0 Å². The van der Waals surface area contributed by atoms with Crippen LogP contribution in [0.1, 0.15) is 37.8 Å². The van der Waals surface area contributed by atoms with Crippen molar-refractivity contribution in [2.75, 3.05) is 13.0 Å². The van der Waals surface area contributed by atoms with Gasteiger partial charge in [0.2, 0.25) is 0 Å². The first kappa shape index (κ1) is 25.2. The Bertz CT molecular complexity index is 1150. The van der Waals surface area contributed by atoms with Crippen LogP contribution in [-0.4, -0.2) is 37.2 Å². The van der Waals surface area contributed by atoms with E-state index in [1.807, 2.05) is 36.5 Å². The first-order valence-electron chi connectivity index (χ1n) is 11.0. The van der Waals surface area contributed by atoms with Gasteiger partial charge in [-0.1, -0.05) is 23.8 Å². The van der Waals surface area contributed by atoms with Crippen LogP contribution in [0.25, 0.3) is 0 Å². The number of aliphatic imine (C=N–C) groups is 3. The molecule has 1 aromatic carbocycles. The lowest BCUT2D eigenvalue weighted by molar-refractivity contribution is 0.414. The highest BCUT2D eigenvalue weighted by Gasteiger charge is 2.13. The molecule has 0 amide bonds. The molecule has 3 rings (SSSR count). The Labute approximate surface area is 206 Å². The number of thioether (sulfide) groups is 1. The summed E-state index contributed by atoms with van der Waals surface area (Å²) in [4.78, 5) is 18.7. The molecule has 7 heteroatoms. The zero-order chi connectivity index (χ0) is 24.3. The number of hydrogen-bond donors (Lipinski definition) is 1. The van der Waals surface area contributed by atoms with Gasteiger partial charge >= 0.3 is 0 Å². The zero-order valence-electron chi connectivity index (χ0n) is 20.0. The van der Waals surface area contributed by atoms with Gasteiger partial charge in [-0.2, -0.15) is 0 Å². The van der Waals surface area contributed by atoms with Gasteiger partial charge in [-0.3, -0.25) is 20.0 Å². The van der Waals surface area contributed by atoms with Crippen molar-refractivity contribution in [3.63, 3.8) is 0 Å². The Hall–Kier alpha value is -3.45. The van der Waals surface area contributed by atoms with Crippen LogP contribution in [0.15, 0.2) is 91.6 Å². The number of amidine groups is 1. The van der Waals surface area contributed by atoms with E-state index >= 15 is 0 Å². The van der Waals surface area contributed by atoms with E-state index in [4.69, 9.17) is 9.73 Å². The van der Waals surface area contributed by atoms with Crippen molar-refractivity contribution in [3.05, 3.63) is 87.8 Å². The Balaban J connectivity index is 1.86. The maximum atomic E-state index is 5.43. The lowest BCUT2D eigenvalue weighted by Crippen LogP contribution is -2.24. The van der Waals surface area contributed by atoms with E-state index in [1.54, 1.807) is 25.1 Å². The van der Waals surface area contributed by atoms with Crippen LogP contribution in [0, 0.1) is 0 Å². The van der Waals surface area contributed by atoms with Crippen molar-refractivity contribution in [3.8, 4) is 5.75 Å². The van der Waals surface area contributed by atoms with E-state index in [2.05, 4.69) is 59.7 Å². The summed E-state index contributed by atoms with van der Waals surface area (Å²) in [6.07, 6.45) is 9.93. The SMILES string of the molecule is C=N/C(C1=CC=C(C)CC1)=C(/C)SC/N=C(\NCc1cccnc1)c1cc(OC)ccc1N=C. The molecule has 176 valence electrons. The average molecular weight is 474 g/mol. The van der Waals surface area contributed by atoms with Crippen LogP contribution in [0.4, 0.5) is 5.69 Å². The van der Waals surface area contributed by atoms with Crippen molar-refractivity contribution in [1.29, 1.82) is 0 Å². The van der Waals surface area contributed by atoms with E-state index in [0.29, 0.717) is 18.3 Å². The molecule has 0 unspecified atom stereocenters. The minimum absolute atomic E-state index is 0.510. The van der Waals surface area contributed by atoms with Crippen LogP contribution in [0.2, 0.25) is 0 Å². The Morgan fingerprint density at radius 2 is 2.06 bits per heavy atom. The summed E-state index contributed by atoms with van der Waals surface area (Å²) in [6, 6.07) is 9.61. The second-order valence-electron chi connectivity index (χ2n) is 7.80. The molecule has 1 aliphatic rings. The van der Waals surface area contributed by atoms with Crippen molar-refractivity contribution in [2.24, 2.45) is 15.0 Å². The van der Waals surface area contributed by atoms with Crippen molar-refractivity contribution in [2.45, 2.75) is 33.2 Å². The standard InChI is InChI=1S/C27H31N5OS/c1-19-8-10-22(11-9-19)26(29-4)20(2)34-18-32-27(31-17-21-7-6-14-30-16-21)24-15-23(33-5)12-13-25(24)28-3/h6-8,10,12-16H,3-4,9,11,17-18H2,1-2,5H3,(H,31,32)/b26-20-. The predicted octanol–water partition coefficient (Wildman–Crippen LogP) is 6.25. The van der Waals surface area contributed by atoms with Gasteiger partial charge in [-0.05, 0) is 75.5 Å². The molecule has 1 aliphatic carbocycles. The summed E-state index contributed by atoms with van der Waals surface area (Å²) in [7, 11) is 1.64. The van der Waals surface area contributed by atoms with E-state index in [-0.39, 0.29) is 0 Å². The van der Waals surface area contributed by atoms with E-state index < -0.39 is 0 Å². The third-order valence-corrected chi connectivity index (χ3v) is 6.35. The van der Waals surface area contributed by atoms with Crippen LogP contribution >= 0.6 is 11.8 Å². The molecule has 0 bridgehead atoms. The minimum atomic E-state index is 0.510. The maximum absolute atomic E-state index is 5.43. The van der Waals surface area contributed by atoms with Crippen LogP contribution in [0.5, 0.6) is 5.75 Å². The van der Waals surface area contributed by atoms with E-state index in [0.717, 1.165) is 46.0 Å². The second-order valence-corrected chi connectivity index (χ2v) is 8.96. The number of nitrogens with one attached hydrogen (secondary N) is 1. The lowest BCUT2D eigenvalue weighted by atomic mass is 9.97. The quantitative estimate of drug-likeness (QED) is 0.327. The molecular formula is C27H31N5OS. The summed E-state index contributed by atoms with van der Waals surface area (Å²) in [5, 5.41) is 3.45. The lowest BCUT2D eigenvalue weighted by Gasteiger charge is -2.15. The van der Waals surface area contributed by atoms with Gasteiger partial charge in [0.1, 0.15) is 11.6 Å². The number of pyridine rings is 1. The summed E-state index contributed by atoms with van der Waals surface area (Å²) >= 11 is 1.64. The summed E-state index contributed by atoms with van der Waals surface area (Å²) < 4.78 is 5.43. The zero-order valence-corrected chi connectivity index (χ0v) is 20.9. The Kier molecular flexibility index (Phi) is 9.40. The van der Waals surface area contributed by atoms with Crippen LogP contribution < -0.4 is 10.1 Å². The molecule has 0 saturated heterocycles. The first-order chi connectivity index (χ1) is 16.5. The smallest absolute Gasteiger partial charge is 0.131 e. The molecule has 0 radical (unpaired) electrons. The van der Waals surface area contributed by atoms with Crippen molar-refractivity contribution < 1.29 is 4.74 Å². The van der Waals surface area contributed by atoms with Crippen molar-refractivity contribution in [1.82, 2.24) is 10.3 Å². The third-order valence-electron chi connectivity index (χ3n) is 5.47. The summed E-state index contributed by atoms with van der Waals surface area (Å²) in [5.41, 5.74) is 6.17. The monoisotopic (exact) mass is 473 g/mol. The average Bonchev–Trinajstić information content (AvgIpc) is 2.87. The Morgan fingerprint density at radius 1 is 1.21 bits per heavy atom. The number of benzene rings is 1. The van der Waals surface area contributed by atoms with Gasteiger partial charge in [0.05, 0.1) is 24.4 Å². The number of allylic oxidation sites excluding steroid dienone is 5. The molecule has 0 aliphatic heterocycles. The van der Waals surface area contributed by atoms with Crippen LogP contribution in [-0.2, 0) is 6.54 Å². The fourth-order valence-corrected chi connectivity index (χ4v) is 4.25. The van der Waals surface area contributed by atoms with Gasteiger partial charge in [0.15, 0.2) is 0 Å². The highest BCUT2D eigenvalue weighted by Crippen LogP contribution is 2.31. The molecule has 2 aromatic rings. The molecule has 0 spiro atoms. The molecule has 0 atom stereocenters. The topological polar surface area (TPSA) is 71.2 Å². The van der Waals surface area contributed by atoms with Crippen molar-refractivity contribution >= 4 is 36.7 Å². The molecule has 1 N–H and O–H groups in total. The van der Waals surface area contributed by atoms with Gasteiger partial charge in [0.25, 0.3) is 0 Å². The maximum Gasteiger partial charge on any atom is 0.131 e. The first-order valence-corrected chi connectivity index (χ1v) is 12.0. The summed E-state index contributed by atoms with van der Waals surface area (Å²) in [5.74, 6) is 1.96. The predicted molar refractivity (Wildman–Crippen MR) is 146 cm³/mol. The molecule has 1 heterocycles. The molecule has 0 saturated carbocycles. The highest BCUT2D eigenvalue weighted by molar-refractivity contribution is 8.03. The normalized spacial score (nSPS) is 14.5. The van der Waals surface area contributed by atoms with Gasteiger partial charge < -0.3 is 10.1 Å². The Morgan fingerprint density at radius 3 is 2.71 bits per heavy atom. The molecule has 1 aromatic heterocycles.